The SMILES string of the molecule is Cn1ncc(Cl)c1S(=O)(=O)N1C[C@H](O)C(C)(C)C1. The van der Waals surface area contributed by atoms with Gasteiger partial charge in [0.25, 0.3) is 10.0 Å². The molecule has 0 amide bonds. The molecule has 0 saturated carbocycles. The van der Waals surface area contributed by atoms with Crippen LogP contribution in [0.25, 0.3) is 0 Å². The summed E-state index contributed by atoms with van der Waals surface area (Å²) in [6, 6.07) is 0. The molecule has 8 heteroatoms. The van der Waals surface area contributed by atoms with E-state index in [9.17, 15) is 13.5 Å². The van der Waals surface area contributed by atoms with Crippen molar-refractivity contribution >= 4 is 21.6 Å². The van der Waals surface area contributed by atoms with Crippen molar-refractivity contribution in [3.8, 4) is 0 Å². The second-order valence-electron chi connectivity index (χ2n) is 5.22. The van der Waals surface area contributed by atoms with Crippen molar-refractivity contribution < 1.29 is 13.5 Å². The molecular formula is C10H16ClN3O3S. The third kappa shape index (κ3) is 2.05. The molecule has 1 aliphatic heterocycles. The fourth-order valence-electron chi connectivity index (χ4n) is 2.06. The van der Waals surface area contributed by atoms with Gasteiger partial charge in [-0.2, -0.15) is 9.40 Å². The van der Waals surface area contributed by atoms with Gasteiger partial charge in [-0.3, -0.25) is 4.68 Å². The molecule has 1 aromatic heterocycles. The Bertz CT molecular complexity index is 547. The van der Waals surface area contributed by atoms with Gasteiger partial charge in [0.2, 0.25) is 0 Å². The fourth-order valence-corrected chi connectivity index (χ4v) is 4.28. The first-order valence-corrected chi connectivity index (χ1v) is 7.34. The molecule has 102 valence electrons. The van der Waals surface area contributed by atoms with Crippen LogP contribution in [0.3, 0.4) is 0 Å². The van der Waals surface area contributed by atoms with Crippen LogP contribution in [-0.2, 0) is 17.1 Å². The van der Waals surface area contributed by atoms with Crippen molar-refractivity contribution in [2.24, 2.45) is 12.5 Å². The van der Waals surface area contributed by atoms with Crippen molar-refractivity contribution in [2.75, 3.05) is 13.1 Å². The van der Waals surface area contributed by atoms with Crippen molar-refractivity contribution in [3.05, 3.63) is 11.2 Å². The molecule has 0 bridgehead atoms. The molecule has 6 nitrogen and oxygen atoms in total. The highest BCUT2D eigenvalue weighted by Crippen LogP contribution is 2.34. The molecular weight excluding hydrogens is 278 g/mol. The van der Waals surface area contributed by atoms with Gasteiger partial charge in [0, 0.05) is 25.6 Å². The second kappa shape index (κ2) is 4.19. The van der Waals surface area contributed by atoms with Gasteiger partial charge in [-0.05, 0) is 0 Å². The average molecular weight is 294 g/mol. The number of aryl methyl sites for hydroxylation is 1. The lowest BCUT2D eigenvalue weighted by Crippen LogP contribution is -2.31. The molecule has 0 spiro atoms. The molecule has 0 aromatic carbocycles. The Kier molecular flexibility index (Phi) is 3.21. The Morgan fingerprint density at radius 1 is 1.56 bits per heavy atom. The van der Waals surface area contributed by atoms with Crippen LogP contribution in [0.2, 0.25) is 5.02 Å². The van der Waals surface area contributed by atoms with Crippen molar-refractivity contribution in [1.29, 1.82) is 0 Å². The Morgan fingerprint density at radius 2 is 2.17 bits per heavy atom. The first-order chi connectivity index (χ1) is 8.16. The summed E-state index contributed by atoms with van der Waals surface area (Å²) in [6.45, 7) is 4.00. The highest BCUT2D eigenvalue weighted by atomic mass is 35.5. The number of nitrogens with zero attached hydrogens (tertiary/aromatic N) is 3. The number of hydrogen-bond acceptors (Lipinski definition) is 4. The van der Waals surface area contributed by atoms with Crippen LogP contribution in [0, 0.1) is 5.41 Å². The van der Waals surface area contributed by atoms with E-state index in [0.29, 0.717) is 0 Å². The highest BCUT2D eigenvalue weighted by molar-refractivity contribution is 7.89. The van der Waals surface area contributed by atoms with Crippen LogP contribution in [0.5, 0.6) is 0 Å². The molecule has 1 fully saturated rings. The van der Waals surface area contributed by atoms with Gasteiger partial charge < -0.3 is 5.11 Å². The van der Waals surface area contributed by atoms with Gasteiger partial charge in [-0.25, -0.2) is 8.42 Å². The van der Waals surface area contributed by atoms with E-state index in [0.717, 1.165) is 0 Å². The molecule has 0 radical (unpaired) electrons. The minimum Gasteiger partial charge on any atom is -0.391 e. The van der Waals surface area contributed by atoms with E-state index in [1.165, 1.54) is 22.2 Å². The van der Waals surface area contributed by atoms with E-state index < -0.39 is 21.5 Å². The maximum Gasteiger partial charge on any atom is 0.261 e. The molecule has 1 aromatic rings. The van der Waals surface area contributed by atoms with Crippen molar-refractivity contribution in [1.82, 2.24) is 14.1 Å². The van der Waals surface area contributed by atoms with Crippen LogP contribution >= 0.6 is 11.6 Å². The number of β-amino-alcohol motifs (C(OH)–C–C–N with tert-alkyl or cyclic N) is 1. The summed E-state index contributed by atoms with van der Waals surface area (Å²) in [7, 11) is -2.19. The van der Waals surface area contributed by atoms with Crippen LogP contribution in [0.1, 0.15) is 13.8 Å². The summed E-state index contributed by atoms with van der Waals surface area (Å²) in [6.07, 6.45) is 0.616. The van der Waals surface area contributed by atoms with Crippen LogP contribution in [0.4, 0.5) is 0 Å². The smallest absolute Gasteiger partial charge is 0.261 e. The van der Waals surface area contributed by atoms with Gasteiger partial charge in [0.05, 0.1) is 17.3 Å². The van der Waals surface area contributed by atoms with E-state index in [-0.39, 0.29) is 23.1 Å². The number of rotatable bonds is 2. The predicted molar refractivity (Wildman–Crippen MR) is 66.8 cm³/mol. The van der Waals surface area contributed by atoms with Gasteiger partial charge in [0.1, 0.15) is 0 Å². The highest BCUT2D eigenvalue weighted by Gasteiger charge is 2.44. The Balaban J connectivity index is 2.41. The molecule has 2 heterocycles. The van der Waals surface area contributed by atoms with E-state index in [1.807, 2.05) is 13.8 Å². The van der Waals surface area contributed by atoms with Crippen LogP contribution < -0.4 is 0 Å². The summed E-state index contributed by atoms with van der Waals surface area (Å²) in [5.74, 6) is 0. The number of aromatic nitrogens is 2. The third-order valence-corrected chi connectivity index (χ3v) is 5.61. The minimum absolute atomic E-state index is 0.0333. The average Bonchev–Trinajstić information content (AvgIpc) is 2.69. The first-order valence-electron chi connectivity index (χ1n) is 5.52. The lowest BCUT2D eigenvalue weighted by Gasteiger charge is -2.21. The zero-order valence-corrected chi connectivity index (χ0v) is 12.0. The maximum atomic E-state index is 12.4. The topological polar surface area (TPSA) is 75.4 Å². The van der Waals surface area contributed by atoms with E-state index in [4.69, 9.17) is 11.6 Å². The van der Waals surface area contributed by atoms with Gasteiger partial charge >= 0.3 is 0 Å². The van der Waals surface area contributed by atoms with Crippen molar-refractivity contribution in [2.45, 2.75) is 25.0 Å². The molecule has 2 rings (SSSR count). The Labute approximate surface area is 111 Å². The van der Waals surface area contributed by atoms with Crippen molar-refractivity contribution in [3.63, 3.8) is 0 Å². The fraction of sp³-hybridized carbons (Fsp3) is 0.700. The van der Waals surface area contributed by atoms with Crippen LogP contribution in [0.15, 0.2) is 11.2 Å². The van der Waals surface area contributed by atoms with Gasteiger partial charge in [-0.1, -0.05) is 25.4 Å². The Morgan fingerprint density at radius 3 is 2.56 bits per heavy atom. The number of aliphatic hydroxyl groups excluding tert-OH is 1. The summed E-state index contributed by atoms with van der Waals surface area (Å²) in [5, 5.41) is 13.8. The largest absolute Gasteiger partial charge is 0.391 e. The third-order valence-electron chi connectivity index (χ3n) is 3.29. The summed E-state index contributed by atoms with van der Waals surface area (Å²) in [5.41, 5.74) is -0.460. The first kappa shape index (κ1) is 13.8. The lowest BCUT2D eigenvalue weighted by atomic mass is 9.90. The second-order valence-corrected chi connectivity index (χ2v) is 7.48. The Hall–Kier alpha value is -0.630. The summed E-state index contributed by atoms with van der Waals surface area (Å²) < 4.78 is 27.4. The minimum atomic E-state index is -3.72. The van der Waals surface area contributed by atoms with Crippen LogP contribution in [-0.4, -0.2) is 46.8 Å². The van der Waals surface area contributed by atoms with Gasteiger partial charge in [-0.15, -0.1) is 0 Å². The van der Waals surface area contributed by atoms with E-state index >= 15 is 0 Å². The van der Waals surface area contributed by atoms with E-state index in [2.05, 4.69) is 5.10 Å². The number of halogens is 1. The lowest BCUT2D eigenvalue weighted by molar-refractivity contribution is 0.0960. The summed E-state index contributed by atoms with van der Waals surface area (Å²) >= 11 is 5.86. The monoisotopic (exact) mass is 293 g/mol. The molecule has 1 atom stereocenters. The summed E-state index contributed by atoms with van der Waals surface area (Å²) in [4.78, 5) is 0. The predicted octanol–water partition coefficient (Wildman–Crippen LogP) is 0.465. The quantitative estimate of drug-likeness (QED) is 0.860. The maximum absolute atomic E-state index is 12.4. The number of sulfonamides is 1. The standard InChI is InChI=1S/C10H16ClN3O3S/c1-10(2)6-14(5-8(10)15)18(16,17)9-7(11)4-12-13(9)3/h4,8,15H,5-6H2,1-3H3/t8-/m0/s1. The zero-order valence-electron chi connectivity index (χ0n) is 10.5. The molecule has 0 aliphatic carbocycles. The molecule has 18 heavy (non-hydrogen) atoms. The molecule has 0 unspecified atom stereocenters. The van der Waals surface area contributed by atoms with Gasteiger partial charge in [0.15, 0.2) is 5.03 Å². The normalized spacial score (nSPS) is 24.6. The molecule has 1 saturated heterocycles. The number of aliphatic hydroxyl groups is 1. The number of hydrogen-bond donors (Lipinski definition) is 1. The molecule has 1 N–H and O–H groups in total. The van der Waals surface area contributed by atoms with E-state index in [1.54, 1.807) is 0 Å². The zero-order chi connectivity index (χ0) is 13.7. The molecule has 1 aliphatic rings.